The molecule has 2 aliphatic rings. The molecule has 10 heteroatoms. The van der Waals surface area contributed by atoms with Crippen LogP contribution in [-0.4, -0.2) is 62.4 Å². The first-order valence-corrected chi connectivity index (χ1v) is 13.1. The van der Waals surface area contributed by atoms with Crippen molar-refractivity contribution in [2.24, 2.45) is 5.92 Å². The number of nitrogens with one attached hydrogen (secondary N) is 1. The fraction of sp³-hybridized carbons (Fsp3) is 0.722. The zero-order valence-corrected chi connectivity index (χ0v) is 20.1. The number of amides is 1. The minimum absolute atomic E-state index is 0.00859. The predicted molar refractivity (Wildman–Crippen MR) is 116 cm³/mol. The highest BCUT2D eigenvalue weighted by atomic mass is 79.9. The molecule has 1 saturated carbocycles. The maximum Gasteiger partial charge on any atom is 0.251 e. The van der Waals surface area contributed by atoms with Crippen LogP contribution in [0.25, 0.3) is 0 Å². The number of piperazine rings is 1. The second-order valence-corrected chi connectivity index (χ2v) is 12.3. The monoisotopic (exact) mass is 511 g/mol. The maximum absolute atomic E-state index is 12.8. The third-order valence-electron chi connectivity index (χ3n) is 5.62. The van der Waals surface area contributed by atoms with E-state index in [1.165, 1.54) is 0 Å². The van der Waals surface area contributed by atoms with Crippen LogP contribution in [0.2, 0.25) is 4.34 Å². The van der Waals surface area contributed by atoms with Gasteiger partial charge in [-0.25, -0.2) is 13.1 Å². The summed E-state index contributed by atoms with van der Waals surface area (Å²) in [7, 11) is -3.61. The molecule has 1 aliphatic carbocycles. The van der Waals surface area contributed by atoms with Gasteiger partial charge in [-0.15, -0.1) is 11.3 Å². The van der Waals surface area contributed by atoms with E-state index in [-0.39, 0.29) is 22.1 Å². The van der Waals surface area contributed by atoms with Gasteiger partial charge in [0.2, 0.25) is 5.91 Å². The molecule has 1 aliphatic heterocycles. The lowest BCUT2D eigenvalue weighted by Gasteiger charge is -2.39. The molecule has 0 spiro atoms. The lowest BCUT2D eigenvalue weighted by molar-refractivity contribution is -0.138. The third-order valence-corrected chi connectivity index (χ3v) is 10.1. The summed E-state index contributed by atoms with van der Waals surface area (Å²) >= 11 is 10.2. The summed E-state index contributed by atoms with van der Waals surface area (Å²) in [6.07, 6.45) is 2.81. The van der Waals surface area contributed by atoms with Crippen LogP contribution < -0.4 is 4.72 Å². The molecule has 158 valence electrons. The summed E-state index contributed by atoms with van der Waals surface area (Å²) < 4.78 is 29.1. The van der Waals surface area contributed by atoms with Crippen molar-refractivity contribution in [2.45, 2.75) is 55.8 Å². The van der Waals surface area contributed by atoms with Crippen LogP contribution >= 0.6 is 38.9 Å². The standard InChI is InChI=1S/C18H27BrClN3O3S2/c1-12(2)22-7-9-23(10-8-22)17(24)13-3-5-14(6-4-13)21-28(25,26)18-15(19)11-16(20)27-18/h11-14,21H,3-10H2,1-2H3/t13-,14-. The molecule has 1 saturated heterocycles. The number of halogens is 2. The van der Waals surface area contributed by atoms with Gasteiger partial charge in [-0.2, -0.15) is 0 Å². The van der Waals surface area contributed by atoms with E-state index in [1.54, 1.807) is 6.07 Å². The molecule has 1 amide bonds. The third kappa shape index (κ3) is 5.29. The van der Waals surface area contributed by atoms with Crippen LogP contribution in [0.5, 0.6) is 0 Å². The van der Waals surface area contributed by atoms with Gasteiger partial charge in [0.15, 0.2) is 4.21 Å². The summed E-state index contributed by atoms with van der Waals surface area (Å²) in [5, 5.41) is 0. The predicted octanol–water partition coefficient (Wildman–Crippen LogP) is 3.55. The maximum atomic E-state index is 12.8. The Kier molecular flexibility index (Phi) is 7.48. The van der Waals surface area contributed by atoms with E-state index >= 15 is 0 Å². The van der Waals surface area contributed by atoms with Crippen molar-refractivity contribution in [1.82, 2.24) is 14.5 Å². The van der Waals surface area contributed by atoms with Crippen LogP contribution in [0.4, 0.5) is 0 Å². The van der Waals surface area contributed by atoms with Crippen molar-refractivity contribution in [1.29, 1.82) is 0 Å². The Hall–Kier alpha value is -0.190. The molecule has 6 nitrogen and oxygen atoms in total. The van der Waals surface area contributed by atoms with Crippen LogP contribution in [0, 0.1) is 5.92 Å². The molecular weight excluding hydrogens is 486 g/mol. The number of carbonyl (C=O) groups excluding carboxylic acids is 1. The van der Waals surface area contributed by atoms with E-state index in [0.29, 0.717) is 27.7 Å². The van der Waals surface area contributed by atoms with Gasteiger partial charge in [0, 0.05) is 44.2 Å². The molecule has 0 unspecified atom stereocenters. The summed E-state index contributed by atoms with van der Waals surface area (Å²) in [5.74, 6) is 0.242. The lowest BCUT2D eigenvalue weighted by Crippen LogP contribution is -2.52. The van der Waals surface area contributed by atoms with Gasteiger partial charge >= 0.3 is 0 Å². The molecule has 1 aromatic rings. The molecule has 3 rings (SSSR count). The molecule has 0 aromatic carbocycles. The number of hydrogen-bond donors (Lipinski definition) is 1. The minimum Gasteiger partial charge on any atom is -0.340 e. The average Bonchev–Trinajstić information content (AvgIpc) is 3.01. The van der Waals surface area contributed by atoms with E-state index < -0.39 is 10.0 Å². The van der Waals surface area contributed by atoms with Gasteiger partial charge in [-0.05, 0) is 61.5 Å². The Labute approximate surface area is 184 Å². The Bertz CT molecular complexity index is 799. The van der Waals surface area contributed by atoms with Gasteiger partial charge in [0.25, 0.3) is 10.0 Å². The second kappa shape index (κ2) is 9.31. The van der Waals surface area contributed by atoms with E-state index in [2.05, 4.69) is 39.4 Å². The molecule has 1 N–H and O–H groups in total. The van der Waals surface area contributed by atoms with Gasteiger partial charge in [-0.1, -0.05) is 11.6 Å². The van der Waals surface area contributed by atoms with Crippen LogP contribution in [0.15, 0.2) is 14.7 Å². The van der Waals surface area contributed by atoms with E-state index in [9.17, 15) is 13.2 Å². The second-order valence-electron chi connectivity index (χ2n) is 7.81. The minimum atomic E-state index is -3.61. The highest BCUT2D eigenvalue weighted by Crippen LogP contribution is 2.35. The van der Waals surface area contributed by atoms with Gasteiger partial charge in [-0.3, -0.25) is 9.69 Å². The fourth-order valence-corrected chi connectivity index (χ4v) is 8.29. The number of carbonyl (C=O) groups is 1. The highest BCUT2D eigenvalue weighted by Gasteiger charge is 2.33. The molecule has 1 aromatic heterocycles. The smallest absolute Gasteiger partial charge is 0.251 e. The van der Waals surface area contributed by atoms with Crippen molar-refractivity contribution >= 4 is 54.8 Å². The Balaban J connectivity index is 1.50. The lowest BCUT2D eigenvalue weighted by atomic mass is 9.85. The zero-order valence-electron chi connectivity index (χ0n) is 16.2. The van der Waals surface area contributed by atoms with Crippen molar-refractivity contribution in [3.05, 3.63) is 14.9 Å². The van der Waals surface area contributed by atoms with Gasteiger partial charge in [0.05, 0.1) is 8.81 Å². The van der Waals surface area contributed by atoms with E-state index in [1.807, 2.05) is 4.90 Å². The van der Waals surface area contributed by atoms with Crippen molar-refractivity contribution in [2.75, 3.05) is 26.2 Å². The topological polar surface area (TPSA) is 69.7 Å². The summed E-state index contributed by atoms with van der Waals surface area (Å²) in [6.45, 7) is 7.80. The summed E-state index contributed by atoms with van der Waals surface area (Å²) in [4.78, 5) is 17.2. The normalized spacial score (nSPS) is 24.7. The molecular formula is C18H27BrClN3O3S2. The summed E-state index contributed by atoms with van der Waals surface area (Å²) in [6, 6.07) is 1.97. The fourth-order valence-electron chi connectivity index (χ4n) is 3.96. The van der Waals surface area contributed by atoms with Crippen LogP contribution in [-0.2, 0) is 14.8 Å². The molecule has 0 atom stereocenters. The van der Waals surface area contributed by atoms with Crippen molar-refractivity contribution in [3.8, 4) is 0 Å². The Morgan fingerprint density at radius 3 is 2.32 bits per heavy atom. The number of sulfonamides is 1. The first-order chi connectivity index (χ1) is 13.2. The number of rotatable bonds is 5. The number of thiophene rings is 1. The quantitative estimate of drug-likeness (QED) is 0.655. The van der Waals surface area contributed by atoms with Crippen molar-refractivity contribution < 1.29 is 13.2 Å². The van der Waals surface area contributed by atoms with Gasteiger partial charge in [0.1, 0.15) is 0 Å². The largest absolute Gasteiger partial charge is 0.340 e. The first kappa shape index (κ1) is 22.5. The Morgan fingerprint density at radius 1 is 1.21 bits per heavy atom. The Morgan fingerprint density at radius 2 is 1.82 bits per heavy atom. The molecule has 0 radical (unpaired) electrons. The molecule has 0 bridgehead atoms. The van der Waals surface area contributed by atoms with Crippen LogP contribution in [0.3, 0.4) is 0 Å². The SMILES string of the molecule is CC(C)N1CCN(C(=O)[C@H]2CC[C@H](NS(=O)(=O)c3sc(Cl)cc3Br)CC2)CC1. The number of hydrogen-bond acceptors (Lipinski definition) is 5. The summed E-state index contributed by atoms with van der Waals surface area (Å²) in [5.41, 5.74) is 0. The number of nitrogens with zero attached hydrogens (tertiary/aromatic N) is 2. The van der Waals surface area contributed by atoms with Crippen LogP contribution in [0.1, 0.15) is 39.5 Å². The van der Waals surface area contributed by atoms with Crippen molar-refractivity contribution in [3.63, 3.8) is 0 Å². The zero-order chi connectivity index (χ0) is 20.5. The average molecular weight is 513 g/mol. The van der Waals surface area contributed by atoms with E-state index in [0.717, 1.165) is 50.4 Å². The van der Waals surface area contributed by atoms with Gasteiger partial charge < -0.3 is 4.90 Å². The highest BCUT2D eigenvalue weighted by molar-refractivity contribution is 9.10. The first-order valence-electron chi connectivity index (χ1n) is 9.67. The molecule has 28 heavy (non-hydrogen) atoms. The van der Waals surface area contributed by atoms with E-state index in [4.69, 9.17) is 11.6 Å². The molecule has 2 fully saturated rings. The molecule has 2 heterocycles.